The topological polar surface area (TPSA) is 29.1 Å². The van der Waals surface area contributed by atoms with Crippen LogP contribution in [-0.4, -0.2) is 5.91 Å². The Labute approximate surface area is 125 Å². The summed E-state index contributed by atoms with van der Waals surface area (Å²) in [6.45, 7) is 5.73. The summed E-state index contributed by atoms with van der Waals surface area (Å²) in [5, 5.41) is 2.98. The number of nitrogens with one attached hydrogen (secondary N) is 1. The highest BCUT2D eigenvalue weighted by molar-refractivity contribution is 5.99. The fourth-order valence-electron chi connectivity index (χ4n) is 2.23. The van der Waals surface area contributed by atoms with Gasteiger partial charge in [0.2, 0.25) is 5.91 Å². The Hall–Kier alpha value is -2.16. The lowest BCUT2D eigenvalue weighted by Gasteiger charge is -2.25. The second kappa shape index (κ2) is 6.08. The number of halogens is 1. The third-order valence-corrected chi connectivity index (χ3v) is 3.78. The molecule has 0 aromatic heterocycles. The van der Waals surface area contributed by atoms with Crippen LogP contribution in [0.5, 0.6) is 0 Å². The van der Waals surface area contributed by atoms with E-state index in [4.69, 9.17) is 0 Å². The van der Waals surface area contributed by atoms with Gasteiger partial charge in [0.05, 0.1) is 5.41 Å². The number of carbonyl (C=O) groups is 1. The summed E-state index contributed by atoms with van der Waals surface area (Å²) < 4.78 is 13.0. The maximum absolute atomic E-state index is 13.0. The van der Waals surface area contributed by atoms with Crippen LogP contribution >= 0.6 is 0 Å². The predicted octanol–water partition coefficient (Wildman–Crippen LogP) is 4.30. The molecule has 0 saturated heterocycles. The molecule has 2 nitrogen and oxygen atoms in total. The van der Waals surface area contributed by atoms with Crippen molar-refractivity contribution in [3.63, 3.8) is 0 Å². The van der Waals surface area contributed by atoms with Gasteiger partial charge in [0, 0.05) is 5.69 Å². The van der Waals surface area contributed by atoms with Crippen molar-refractivity contribution in [2.45, 2.75) is 32.6 Å². The van der Waals surface area contributed by atoms with Gasteiger partial charge in [0.15, 0.2) is 0 Å². The number of para-hydroxylation sites is 1. The highest BCUT2D eigenvalue weighted by atomic mass is 19.1. The van der Waals surface area contributed by atoms with Crippen molar-refractivity contribution in [1.82, 2.24) is 0 Å². The highest BCUT2D eigenvalue weighted by Gasteiger charge is 2.30. The molecule has 110 valence electrons. The smallest absolute Gasteiger partial charge is 0.234 e. The largest absolute Gasteiger partial charge is 0.325 e. The lowest BCUT2D eigenvalue weighted by molar-refractivity contribution is -0.120. The summed E-state index contributed by atoms with van der Waals surface area (Å²) in [7, 11) is 0. The van der Waals surface area contributed by atoms with Crippen molar-refractivity contribution in [3.8, 4) is 0 Å². The van der Waals surface area contributed by atoms with Crippen LogP contribution in [-0.2, 0) is 16.6 Å². The third kappa shape index (κ3) is 3.30. The highest BCUT2D eigenvalue weighted by Crippen LogP contribution is 2.26. The maximum atomic E-state index is 13.0. The second-order valence-electron chi connectivity index (χ2n) is 5.60. The Morgan fingerprint density at radius 3 is 2.33 bits per heavy atom. The van der Waals surface area contributed by atoms with Crippen molar-refractivity contribution in [3.05, 3.63) is 65.5 Å². The number of amides is 1. The number of aryl methyl sites for hydroxylation is 1. The maximum Gasteiger partial charge on any atom is 0.234 e. The summed E-state index contributed by atoms with van der Waals surface area (Å²) in [4.78, 5) is 12.6. The number of hydrogen-bond donors (Lipinski definition) is 1. The van der Waals surface area contributed by atoms with Crippen LogP contribution < -0.4 is 5.32 Å². The first kappa shape index (κ1) is 15.2. The second-order valence-corrected chi connectivity index (χ2v) is 5.60. The molecule has 2 rings (SSSR count). The number of hydrogen-bond acceptors (Lipinski definition) is 1. The molecule has 2 aromatic carbocycles. The Balaban J connectivity index is 2.24. The minimum atomic E-state index is -0.728. The molecule has 0 fully saturated rings. The average Bonchev–Trinajstić information content (AvgIpc) is 2.48. The lowest BCUT2D eigenvalue weighted by atomic mass is 9.83. The van der Waals surface area contributed by atoms with Crippen LogP contribution in [0.2, 0.25) is 0 Å². The van der Waals surface area contributed by atoms with Gasteiger partial charge in [-0.05, 0) is 49.6 Å². The predicted molar refractivity (Wildman–Crippen MR) is 83.9 cm³/mol. The van der Waals surface area contributed by atoms with Gasteiger partial charge in [0.1, 0.15) is 5.82 Å². The van der Waals surface area contributed by atoms with Crippen LogP contribution in [0.1, 0.15) is 31.9 Å². The van der Waals surface area contributed by atoms with E-state index in [9.17, 15) is 9.18 Å². The summed E-state index contributed by atoms with van der Waals surface area (Å²) in [5.74, 6) is -0.402. The Bertz CT molecular complexity index is 632. The fourth-order valence-corrected chi connectivity index (χ4v) is 2.23. The van der Waals surface area contributed by atoms with E-state index in [-0.39, 0.29) is 11.7 Å². The molecule has 2 aromatic rings. The molecule has 0 unspecified atom stereocenters. The van der Waals surface area contributed by atoms with Gasteiger partial charge in [-0.1, -0.05) is 37.3 Å². The summed E-state index contributed by atoms with van der Waals surface area (Å²) >= 11 is 0. The molecule has 21 heavy (non-hydrogen) atoms. The molecule has 1 amide bonds. The Kier molecular flexibility index (Phi) is 4.41. The quantitative estimate of drug-likeness (QED) is 0.891. The third-order valence-electron chi connectivity index (χ3n) is 3.78. The van der Waals surface area contributed by atoms with Gasteiger partial charge in [-0.3, -0.25) is 4.79 Å². The van der Waals surface area contributed by atoms with Crippen molar-refractivity contribution in [2.75, 3.05) is 5.32 Å². The molecular weight excluding hydrogens is 265 g/mol. The molecule has 0 heterocycles. The van der Waals surface area contributed by atoms with Gasteiger partial charge < -0.3 is 5.32 Å². The molecule has 0 aliphatic carbocycles. The zero-order valence-corrected chi connectivity index (χ0v) is 12.6. The molecule has 0 radical (unpaired) electrons. The average molecular weight is 285 g/mol. The number of benzene rings is 2. The van der Waals surface area contributed by atoms with Crippen LogP contribution in [0.4, 0.5) is 10.1 Å². The molecular formula is C18H20FNO. The molecule has 0 aliphatic heterocycles. The van der Waals surface area contributed by atoms with Crippen LogP contribution in [0.15, 0.2) is 48.5 Å². The molecule has 1 N–H and O–H groups in total. The fraction of sp³-hybridized carbons (Fsp3) is 0.278. The van der Waals surface area contributed by atoms with Crippen LogP contribution in [0, 0.1) is 5.82 Å². The number of anilines is 1. The summed E-state index contributed by atoms with van der Waals surface area (Å²) in [6.07, 6.45) is 0.855. The monoisotopic (exact) mass is 285 g/mol. The van der Waals surface area contributed by atoms with E-state index in [2.05, 4.69) is 12.2 Å². The van der Waals surface area contributed by atoms with Crippen molar-refractivity contribution in [1.29, 1.82) is 0 Å². The number of rotatable bonds is 4. The molecule has 0 saturated carbocycles. The summed E-state index contributed by atoms with van der Waals surface area (Å²) in [5.41, 5.74) is 1.99. The minimum absolute atomic E-state index is 0.102. The molecule has 3 heteroatoms. The van der Waals surface area contributed by atoms with Gasteiger partial charge in [-0.15, -0.1) is 0 Å². The van der Waals surface area contributed by atoms with E-state index >= 15 is 0 Å². The summed E-state index contributed by atoms with van der Waals surface area (Å²) in [6, 6.07) is 13.8. The number of carbonyl (C=O) groups excluding carboxylic acids is 1. The molecule has 0 spiro atoms. The van der Waals surface area contributed by atoms with Gasteiger partial charge in [-0.25, -0.2) is 4.39 Å². The normalized spacial score (nSPS) is 11.2. The van der Waals surface area contributed by atoms with Gasteiger partial charge in [-0.2, -0.15) is 0 Å². The first-order chi connectivity index (χ1) is 9.95. The van der Waals surface area contributed by atoms with Crippen LogP contribution in [0.25, 0.3) is 0 Å². The van der Waals surface area contributed by atoms with Crippen LogP contribution in [0.3, 0.4) is 0 Å². The Morgan fingerprint density at radius 2 is 1.71 bits per heavy atom. The van der Waals surface area contributed by atoms with E-state index in [1.807, 2.05) is 38.1 Å². The first-order valence-corrected chi connectivity index (χ1v) is 7.10. The van der Waals surface area contributed by atoms with Gasteiger partial charge in [0.25, 0.3) is 0 Å². The van der Waals surface area contributed by atoms with Crippen molar-refractivity contribution < 1.29 is 9.18 Å². The standard InChI is InChI=1S/C18H20FNO/c1-4-13-7-5-6-8-16(13)20-17(21)18(2,3)14-9-11-15(19)12-10-14/h5-12H,4H2,1-3H3,(H,20,21). The zero-order valence-electron chi connectivity index (χ0n) is 12.6. The van der Waals surface area contributed by atoms with Crippen molar-refractivity contribution >= 4 is 11.6 Å². The van der Waals surface area contributed by atoms with E-state index in [0.717, 1.165) is 23.2 Å². The van der Waals surface area contributed by atoms with E-state index < -0.39 is 5.41 Å². The van der Waals surface area contributed by atoms with E-state index in [0.29, 0.717) is 0 Å². The first-order valence-electron chi connectivity index (χ1n) is 7.10. The lowest BCUT2D eigenvalue weighted by Crippen LogP contribution is -2.35. The zero-order chi connectivity index (χ0) is 15.5. The molecule has 0 bridgehead atoms. The van der Waals surface area contributed by atoms with E-state index in [1.54, 1.807) is 12.1 Å². The molecule has 0 aliphatic rings. The van der Waals surface area contributed by atoms with Gasteiger partial charge >= 0.3 is 0 Å². The van der Waals surface area contributed by atoms with Crippen molar-refractivity contribution in [2.24, 2.45) is 0 Å². The molecule has 0 atom stereocenters. The SMILES string of the molecule is CCc1ccccc1NC(=O)C(C)(C)c1ccc(F)cc1. The minimum Gasteiger partial charge on any atom is -0.325 e. The van der Waals surface area contributed by atoms with E-state index in [1.165, 1.54) is 12.1 Å². The Morgan fingerprint density at radius 1 is 1.10 bits per heavy atom.